The molecule has 1 atom stereocenters. The van der Waals surface area contributed by atoms with E-state index < -0.39 is 10.0 Å². The van der Waals surface area contributed by atoms with Crippen LogP contribution in [0.4, 0.5) is 0 Å². The molecule has 0 radical (unpaired) electrons. The highest BCUT2D eigenvalue weighted by atomic mass is 32.2. The second kappa shape index (κ2) is 5.87. The Morgan fingerprint density at radius 2 is 2.14 bits per heavy atom. The van der Waals surface area contributed by atoms with Gasteiger partial charge < -0.3 is 4.74 Å². The summed E-state index contributed by atoms with van der Waals surface area (Å²) in [4.78, 5) is 3.99. The Morgan fingerprint density at radius 1 is 1.43 bits per heavy atom. The summed E-state index contributed by atoms with van der Waals surface area (Å²) in [6, 6.07) is 3.91. The molecule has 2 fully saturated rings. The van der Waals surface area contributed by atoms with Gasteiger partial charge in [0.25, 0.3) is 0 Å². The number of thioether (sulfide) groups is 1. The van der Waals surface area contributed by atoms with Crippen LogP contribution in [0.1, 0.15) is 18.9 Å². The second-order valence-corrected chi connectivity index (χ2v) is 9.40. The van der Waals surface area contributed by atoms with E-state index in [2.05, 4.69) is 4.98 Å². The summed E-state index contributed by atoms with van der Waals surface area (Å²) in [6.45, 7) is 3.58. The van der Waals surface area contributed by atoms with Crippen LogP contribution in [0.25, 0.3) is 0 Å². The van der Waals surface area contributed by atoms with Gasteiger partial charge in [0.2, 0.25) is 10.0 Å². The molecule has 1 aromatic rings. The highest BCUT2D eigenvalue weighted by molar-refractivity contribution is 8.01. The number of ether oxygens (including phenoxy) is 1. The number of pyridine rings is 1. The van der Waals surface area contributed by atoms with Crippen molar-refractivity contribution in [3.05, 3.63) is 30.1 Å². The van der Waals surface area contributed by atoms with E-state index in [1.165, 1.54) is 0 Å². The monoisotopic (exact) mass is 328 g/mol. The molecule has 2 aliphatic heterocycles. The molecule has 116 valence electrons. The summed E-state index contributed by atoms with van der Waals surface area (Å²) in [5.41, 5.74) is 1.12. The van der Waals surface area contributed by atoms with E-state index in [1.54, 1.807) is 23.6 Å². The Morgan fingerprint density at radius 3 is 2.81 bits per heavy atom. The van der Waals surface area contributed by atoms with Gasteiger partial charge in [-0.2, -0.15) is 4.31 Å². The van der Waals surface area contributed by atoms with E-state index in [9.17, 15) is 8.42 Å². The van der Waals surface area contributed by atoms with Gasteiger partial charge in [0.1, 0.15) is 0 Å². The summed E-state index contributed by atoms with van der Waals surface area (Å²) >= 11 is 1.86. The molecule has 1 spiro atoms. The van der Waals surface area contributed by atoms with E-state index in [4.69, 9.17) is 4.74 Å². The van der Waals surface area contributed by atoms with Gasteiger partial charge in [0, 0.05) is 36.0 Å². The first-order valence-electron chi connectivity index (χ1n) is 7.15. The van der Waals surface area contributed by atoms with Crippen molar-refractivity contribution in [3.8, 4) is 0 Å². The largest absolute Gasteiger partial charge is 0.373 e. The summed E-state index contributed by atoms with van der Waals surface area (Å²) in [5, 5.41) is 0. The molecule has 0 bridgehead atoms. The predicted molar refractivity (Wildman–Crippen MR) is 83.7 cm³/mol. The number of sulfonamides is 1. The van der Waals surface area contributed by atoms with Crippen LogP contribution in [0.5, 0.6) is 0 Å². The molecule has 2 aliphatic rings. The molecule has 0 aromatic carbocycles. The summed E-state index contributed by atoms with van der Waals surface area (Å²) in [5.74, 6) is 1.14. The van der Waals surface area contributed by atoms with Crippen LogP contribution in [0.3, 0.4) is 0 Å². The highest BCUT2D eigenvalue weighted by Gasteiger charge is 2.52. The second-order valence-electron chi connectivity index (χ2n) is 5.66. The van der Waals surface area contributed by atoms with Crippen molar-refractivity contribution in [1.82, 2.24) is 9.29 Å². The average Bonchev–Trinajstić information content (AvgIpc) is 2.89. The van der Waals surface area contributed by atoms with E-state index in [-0.39, 0.29) is 16.6 Å². The Kier molecular flexibility index (Phi) is 4.27. The normalized spacial score (nSPS) is 25.1. The number of hydrogen-bond donors (Lipinski definition) is 0. The van der Waals surface area contributed by atoms with Crippen LogP contribution in [-0.2, 0) is 21.4 Å². The van der Waals surface area contributed by atoms with Crippen molar-refractivity contribution in [1.29, 1.82) is 0 Å². The van der Waals surface area contributed by atoms with Crippen molar-refractivity contribution in [3.63, 3.8) is 0 Å². The molecule has 0 N–H and O–H groups in total. The molecule has 1 unspecified atom stereocenters. The Balaban J connectivity index is 1.49. The number of aromatic nitrogens is 1. The van der Waals surface area contributed by atoms with Gasteiger partial charge in [0.05, 0.1) is 18.5 Å². The Bertz CT molecular complexity index is 585. The lowest BCUT2D eigenvalue weighted by atomic mass is 9.95. The van der Waals surface area contributed by atoms with Crippen LogP contribution in [0.2, 0.25) is 0 Å². The summed E-state index contributed by atoms with van der Waals surface area (Å²) < 4.78 is 31.2. The standard InChI is InChI=1S/C14H20N2O3S2/c1-2-21(17,18)16-10-14(11-16)7-13(9-20-14)19-8-12-3-5-15-6-4-12/h3-6,13H,2,7-11H2,1H3. The van der Waals surface area contributed by atoms with Crippen LogP contribution in [0.15, 0.2) is 24.5 Å². The average molecular weight is 328 g/mol. The molecule has 5 nitrogen and oxygen atoms in total. The first kappa shape index (κ1) is 15.3. The SMILES string of the molecule is CCS(=O)(=O)N1CC2(CC(OCc3ccncc3)CS2)C1. The van der Waals surface area contributed by atoms with Crippen LogP contribution < -0.4 is 0 Å². The predicted octanol–water partition coefficient (Wildman–Crippen LogP) is 1.51. The zero-order chi connectivity index (χ0) is 14.9. The lowest BCUT2D eigenvalue weighted by Gasteiger charge is -2.46. The van der Waals surface area contributed by atoms with Gasteiger partial charge in [-0.1, -0.05) is 0 Å². The minimum Gasteiger partial charge on any atom is -0.373 e. The molecule has 2 saturated heterocycles. The smallest absolute Gasteiger partial charge is 0.213 e. The molecule has 7 heteroatoms. The zero-order valence-corrected chi connectivity index (χ0v) is 13.7. The lowest BCUT2D eigenvalue weighted by Crippen LogP contribution is -2.60. The third-order valence-corrected chi connectivity index (χ3v) is 7.45. The molecular weight excluding hydrogens is 308 g/mol. The lowest BCUT2D eigenvalue weighted by molar-refractivity contribution is 0.0397. The molecule has 0 amide bonds. The maximum Gasteiger partial charge on any atom is 0.213 e. The fourth-order valence-corrected chi connectivity index (χ4v) is 5.77. The van der Waals surface area contributed by atoms with Gasteiger partial charge in [-0.3, -0.25) is 4.98 Å². The summed E-state index contributed by atoms with van der Waals surface area (Å²) in [7, 11) is -3.03. The maximum absolute atomic E-state index is 11.8. The number of rotatable bonds is 5. The topological polar surface area (TPSA) is 59.5 Å². The minimum atomic E-state index is -3.03. The molecule has 21 heavy (non-hydrogen) atoms. The quantitative estimate of drug-likeness (QED) is 0.820. The number of nitrogens with zero attached hydrogens (tertiary/aromatic N) is 2. The van der Waals surface area contributed by atoms with E-state index >= 15 is 0 Å². The third-order valence-electron chi connectivity index (χ3n) is 4.10. The molecule has 3 heterocycles. The van der Waals surface area contributed by atoms with E-state index in [0.29, 0.717) is 19.7 Å². The fraction of sp³-hybridized carbons (Fsp3) is 0.643. The van der Waals surface area contributed by atoms with Crippen molar-refractivity contribution in [2.75, 3.05) is 24.6 Å². The van der Waals surface area contributed by atoms with Gasteiger partial charge in [0.15, 0.2) is 0 Å². The van der Waals surface area contributed by atoms with Gasteiger partial charge in [-0.05, 0) is 31.0 Å². The zero-order valence-electron chi connectivity index (χ0n) is 12.1. The van der Waals surface area contributed by atoms with Crippen molar-refractivity contribution < 1.29 is 13.2 Å². The van der Waals surface area contributed by atoms with Crippen molar-refractivity contribution >= 4 is 21.8 Å². The van der Waals surface area contributed by atoms with Crippen LogP contribution in [-0.4, -0.2) is 53.2 Å². The van der Waals surface area contributed by atoms with E-state index in [0.717, 1.165) is 17.7 Å². The molecule has 0 aliphatic carbocycles. The van der Waals surface area contributed by atoms with Crippen LogP contribution in [0, 0.1) is 0 Å². The molecule has 3 rings (SSSR count). The van der Waals surface area contributed by atoms with Crippen molar-refractivity contribution in [2.45, 2.75) is 30.8 Å². The molecule has 0 saturated carbocycles. The van der Waals surface area contributed by atoms with Gasteiger partial charge >= 0.3 is 0 Å². The maximum atomic E-state index is 11.8. The summed E-state index contributed by atoms with van der Waals surface area (Å²) in [6.07, 6.45) is 4.69. The Labute approximate surface area is 130 Å². The minimum absolute atomic E-state index is 0.0884. The highest BCUT2D eigenvalue weighted by Crippen LogP contribution is 2.47. The van der Waals surface area contributed by atoms with Gasteiger partial charge in [-0.25, -0.2) is 8.42 Å². The molecular formula is C14H20N2O3S2. The third kappa shape index (κ3) is 3.26. The van der Waals surface area contributed by atoms with Gasteiger partial charge in [-0.15, -0.1) is 11.8 Å². The first-order chi connectivity index (χ1) is 10.0. The van der Waals surface area contributed by atoms with E-state index in [1.807, 2.05) is 23.9 Å². The van der Waals surface area contributed by atoms with Crippen molar-refractivity contribution in [2.24, 2.45) is 0 Å². The number of hydrogen-bond acceptors (Lipinski definition) is 5. The fourth-order valence-electron chi connectivity index (χ4n) is 2.80. The van der Waals surface area contributed by atoms with Crippen LogP contribution >= 0.6 is 11.8 Å². The molecule has 1 aromatic heterocycles. The first-order valence-corrected chi connectivity index (χ1v) is 9.75. The Hall–Kier alpha value is -0.630.